The van der Waals surface area contributed by atoms with Crippen LogP contribution >= 0.6 is 0 Å². The average molecular weight is 191 g/mol. The summed E-state index contributed by atoms with van der Waals surface area (Å²) < 4.78 is 7.21. The van der Waals surface area contributed by atoms with Gasteiger partial charge in [0.05, 0.1) is 13.7 Å². The Labute approximate surface area is 82.5 Å². The van der Waals surface area contributed by atoms with Crippen LogP contribution in [-0.2, 0) is 13.7 Å². The number of aliphatic hydroxyl groups excluding tert-OH is 1. The zero-order valence-electron chi connectivity index (χ0n) is 8.32. The van der Waals surface area contributed by atoms with Crippen molar-refractivity contribution in [3.63, 3.8) is 0 Å². The molecule has 0 fully saturated rings. The Hall–Kier alpha value is -1.48. The Bertz CT molecular complexity index is 460. The van der Waals surface area contributed by atoms with Crippen LogP contribution in [-0.4, -0.2) is 16.8 Å². The second-order valence-electron chi connectivity index (χ2n) is 3.31. The molecule has 0 aliphatic rings. The molecular weight excluding hydrogens is 178 g/mol. The SMILES string of the molecule is COc1cc2ccn(C)c2cc1CO. The first-order valence-corrected chi connectivity index (χ1v) is 4.49. The van der Waals surface area contributed by atoms with Gasteiger partial charge in [-0.3, -0.25) is 0 Å². The molecule has 3 heteroatoms. The number of hydrogen-bond donors (Lipinski definition) is 1. The van der Waals surface area contributed by atoms with Crippen molar-refractivity contribution in [1.29, 1.82) is 0 Å². The first-order chi connectivity index (χ1) is 6.76. The van der Waals surface area contributed by atoms with Crippen LogP contribution in [0.3, 0.4) is 0 Å². The van der Waals surface area contributed by atoms with E-state index in [-0.39, 0.29) is 6.61 Å². The number of ether oxygens (including phenoxy) is 1. The molecule has 1 N–H and O–H groups in total. The topological polar surface area (TPSA) is 34.4 Å². The minimum atomic E-state index is 0.00426. The number of aryl methyl sites for hydroxylation is 1. The van der Waals surface area contributed by atoms with Crippen molar-refractivity contribution in [2.75, 3.05) is 7.11 Å². The maximum atomic E-state index is 9.15. The van der Waals surface area contributed by atoms with Crippen molar-refractivity contribution < 1.29 is 9.84 Å². The lowest BCUT2D eigenvalue weighted by Gasteiger charge is -2.07. The van der Waals surface area contributed by atoms with Crippen molar-refractivity contribution in [3.05, 3.63) is 30.0 Å². The van der Waals surface area contributed by atoms with E-state index in [9.17, 15) is 0 Å². The lowest BCUT2D eigenvalue weighted by molar-refractivity contribution is 0.274. The summed E-state index contributed by atoms with van der Waals surface area (Å²) in [6, 6.07) is 5.92. The van der Waals surface area contributed by atoms with Crippen LogP contribution in [0.15, 0.2) is 24.4 Å². The molecule has 0 saturated heterocycles. The summed E-state index contributed by atoms with van der Waals surface area (Å²) in [5.41, 5.74) is 1.93. The molecule has 0 bridgehead atoms. The highest BCUT2D eigenvalue weighted by Gasteiger charge is 2.06. The monoisotopic (exact) mass is 191 g/mol. The predicted octanol–water partition coefficient (Wildman–Crippen LogP) is 1.68. The van der Waals surface area contributed by atoms with Gasteiger partial charge >= 0.3 is 0 Å². The van der Waals surface area contributed by atoms with Crippen LogP contribution in [0.25, 0.3) is 10.9 Å². The average Bonchev–Trinajstić information content (AvgIpc) is 2.58. The van der Waals surface area contributed by atoms with Gasteiger partial charge in [-0.2, -0.15) is 0 Å². The van der Waals surface area contributed by atoms with Crippen LogP contribution in [0.1, 0.15) is 5.56 Å². The van der Waals surface area contributed by atoms with Crippen molar-refractivity contribution >= 4 is 10.9 Å². The van der Waals surface area contributed by atoms with E-state index in [1.807, 2.05) is 36.0 Å². The molecule has 0 radical (unpaired) electrons. The van der Waals surface area contributed by atoms with Crippen molar-refractivity contribution in [2.45, 2.75) is 6.61 Å². The molecule has 0 atom stereocenters. The van der Waals surface area contributed by atoms with Crippen molar-refractivity contribution in [1.82, 2.24) is 4.57 Å². The quantitative estimate of drug-likeness (QED) is 0.783. The van der Waals surface area contributed by atoms with E-state index in [1.165, 1.54) is 0 Å². The number of benzene rings is 1. The molecule has 0 saturated carbocycles. The Balaban J connectivity index is 2.71. The van der Waals surface area contributed by atoms with Gasteiger partial charge in [0.2, 0.25) is 0 Å². The molecular formula is C11H13NO2. The third-order valence-electron chi connectivity index (χ3n) is 2.46. The van der Waals surface area contributed by atoms with E-state index < -0.39 is 0 Å². The molecule has 1 aromatic heterocycles. The van der Waals surface area contributed by atoms with E-state index in [2.05, 4.69) is 0 Å². The van der Waals surface area contributed by atoms with Gasteiger partial charge in [-0.25, -0.2) is 0 Å². The number of aromatic nitrogens is 1. The summed E-state index contributed by atoms with van der Waals surface area (Å²) in [5.74, 6) is 0.742. The van der Waals surface area contributed by atoms with Crippen molar-refractivity contribution in [3.8, 4) is 5.75 Å². The molecule has 74 valence electrons. The number of hydrogen-bond acceptors (Lipinski definition) is 2. The molecule has 1 aromatic carbocycles. The molecule has 0 aliphatic carbocycles. The van der Waals surface area contributed by atoms with E-state index in [0.717, 1.165) is 22.2 Å². The Morgan fingerprint density at radius 1 is 1.43 bits per heavy atom. The summed E-state index contributed by atoms with van der Waals surface area (Å²) in [4.78, 5) is 0. The minimum absolute atomic E-state index is 0.00426. The highest BCUT2D eigenvalue weighted by molar-refractivity contribution is 5.82. The summed E-state index contributed by atoms with van der Waals surface area (Å²) >= 11 is 0. The Morgan fingerprint density at radius 2 is 2.21 bits per heavy atom. The molecule has 14 heavy (non-hydrogen) atoms. The zero-order chi connectivity index (χ0) is 10.1. The maximum absolute atomic E-state index is 9.15. The number of methoxy groups -OCH3 is 1. The number of nitrogens with zero attached hydrogens (tertiary/aromatic N) is 1. The summed E-state index contributed by atoms with van der Waals surface area (Å²) in [5, 5.41) is 10.3. The summed E-state index contributed by atoms with van der Waals surface area (Å²) in [6.45, 7) is 0.00426. The largest absolute Gasteiger partial charge is 0.496 e. The summed E-state index contributed by atoms with van der Waals surface area (Å²) in [7, 11) is 3.60. The third kappa shape index (κ3) is 1.26. The maximum Gasteiger partial charge on any atom is 0.125 e. The van der Waals surface area contributed by atoms with Crippen LogP contribution in [0.4, 0.5) is 0 Å². The fourth-order valence-corrected chi connectivity index (χ4v) is 1.65. The molecule has 0 aliphatic heterocycles. The molecule has 1 heterocycles. The van der Waals surface area contributed by atoms with Gasteiger partial charge in [0, 0.05) is 29.7 Å². The van der Waals surface area contributed by atoms with E-state index in [4.69, 9.17) is 9.84 Å². The number of rotatable bonds is 2. The van der Waals surface area contributed by atoms with Crippen molar-refractivity contribution in [2.24, 2.45) is 7.05 Å². The molecule has 2 rings (SSSR count). The Kier molecular flexibility index (Phi) is 2.17. The second-order valence-corrected chi connectivity index (χ2v) is 3.31. The first kappa shape index (κ1) is 9.09. The molecule has 3 nitrogen and oxygen atoms in total. The van der Waals surface area contributed by atoms with Gasteiger partial charge < -0.3 is 14.4 Å². The molecule has 0 unspecified atom stereocenters. The smallest absolute Gasteiger partial charge is 0.125 e. The lowest BCUT2D eigenvalue weighted by Crippen LogP contribution is -1.93. The van der Waals surface area contributed by atoms with E-state index in [0.29, 0.717) is 0 Å². The van der Waals surface area contributed by atoms with Gasteiger partial charge in [-0.1, -0.05) is 0 Å². The first-order valence-electron chi connectivity index (χ1n) is 4.49. The van der Waals surface area contributed by atoms with Crippen LogP contribution in [0.2, 0.25) is 0 Å². The fourth-order valence-electron chi connectivity index (χ4n) is 1.65. The van der Waals surface area contributed by atoms with Gasteiger partial charge in [0.25, 0.3) is 0 Å². The second kappa shape index (κ2) is 3.35. The predicted molar refractivity (Wildman–Crippen MR) is 55.4 cm³/mol. The third-order valence-corrected chi connectivity index (χ3v) is 2.46. The number of aliphatic hydroxyl groups is 1. The van der Waals surface area contributed by atoms with Gasteiger partial charge in [0.15, 0.2) is 0 Å². The standard InChI is InChI=1S/C11H13NO2/c1-12-4-3-8-6-11(14-2)9(7-13)5-10(8)12/h3-6,13H,7H2,1-2H3. The molecule has 0 spiro atoms. The van der Waals surface area contributed by atoms with Gasteiger partial charge in [-0.05, 0) is 18.2 Å². The van der Waals surface area contributed by atoms with E-state index >= 15 is 0 Å². The van der Waals surface area contributed by atoms with E-state index in [1.54, 1.807) is 7.11 Å². The summed E-state index contributed by atoms with van der Waals surface area (Å²) in [6.07, 6.45) is 1.99. The Morgan fingerprint density at radius 3 is 2.86 bits per heavy atom. The van der Waals surface area contributed by atoms with Crippen LogP contribution in [0.5, 0.6) is 5.75 Å². The fraction of sp³-hybridized carbons (Fsp3) is 0.273. The van der Waals surface area contributed by atoms with Gasteiger partial charge in [-0.15, -0.1) is 0 Å². The zero-order valence-corrected chi connectivity index (χ0v) is 8.32. The highest BCUT2D eigenvalue weighted by Crippen LogP contribution is 2.26. The highest BCUT2D eigenvalue weighted by atomic mass is 16.5. The minimum Gasteiger partial charge on any atom is -0.496 e. The van der Waals surface area contributed by atoms with Crippen LogP contribution in [0, 0.1) is 0 Å². The lowest BCUT2D eigenvalue weighted by atomic mass is 10.1. The van der Waals surface area contributed by atoms with Gasteiger partial charge in [0.1, 0.15) is 5.75 Å². The molecule has 2 aromatic rings. The normalized spacial score (nSPS) is 10.8. The number of fused-ring (bicyclic) bond motifs is 1. The van der Waals surface area contributed by atoms with Crippen LogP contribution < -0.4 is 4.74 Å². The molecule has 0 amide bonds.